The number of nitrogens with zero attached hydrogens (tertiary/aromatic N) is 2. The molecule has 4 aromatic rings. The number of anilines is 6. The first kappa shape index (κ1) is 37.2. The largest absolute Gasteiger partial charge is 0.340 e. The molecule has 0 atom stereocenters. The Morgan fingerprint density at radius 2 is 0.953 bits per heavy atom. The Morgan fingerprint density at radius 3 is 1.21 bits per heavy atom. The minimum absolute atomic E-state index is 0.522. The fourth-order valence-corrected chi connectivity index (χ4v) is 2.87. The number of aromatic nitrogens is 2. The van der Waals surface area contributed by atoms with Crippen LogP contribution in [0.5, 0.6) is 0 Å². The first-order valence-corrected chi connectivity index (χ1v) is 16.7. The SMILES string of the molecule is CS(=O)(=O)O.CS(=O)(=O)O.CSOOO.Cc1c(Nc2ccccc2)nc(Nc2ccccc2)nc1Nc1ccccc1. The van der Waals surface area contributed by atoms with Gasteiger partial charge in [0, 0.05) is 40.9 Å². The second kappa shape index (κ2) is 19.4. The normalized spacial score (nSPS) is 10.4. The summed E-state index contributed by atoms with van der Waals surface area (Å²) in [5.41, 5.74) is 3.82. The molecule has 1 aromatic heterocycles. The molecular weight excluding hydrogens is 623 g/mol. The van der Waals surface area contributed by atoms with Crippen molar-refractivity contribution in [1.82, 2.24) is 9.97 Å². The Morgan fingerprint density at radius 1 is 0.651 bits per heavy atom. The van der Waals surface area contributed by atoms with E-state index in [9.17, 15) is 16.8 Å². The highest BCUT2D eigenvalue weighted by atomic mass is 32.2. The lowest BCUT2D eigenvalue weighted by Crippen LogP contribution is -2.07. The molecule has 0 bridgehead atoms. The van der Waals surface area contributed by atoms with E-state index in [0.717, 1.165) is 46.3 Å². The zero-order valence-electron chi connectivity index (χ0n) is 23.6. The van der Waals surface area contributed by atoms with E-state index < -0.39 is 20.2 Å². The van der Waals surface area contributed by atoms with Crippen molar-refractivity contribution in [3.05, 3.63) is 96.6 Å². The van der Waals surface area contributed by atoms with Gasteiger partial charge in [-0.05, 0) is 43.3 Å². The fourth-order valence-electron chi connectivity index (χ4n) is 2.81. The number of benzene rings is 3. The van der Waals surface area contributed by atoms with E-state index in [1.165, 1.54) is 0 Å². The Balaban J connectivity index is 0.000000512. The highest BCUT2D eigenvalue weighted by Crippen LogP contribution is 2.28. The standard InChI is InChI=1S/C23H21N5.3CH4O3S/c1-17-21(24-18-11-5-2-6-12-18)27-23(26-20-15-9-4-10-16-20)28-22(17)25-19-13-7-3-8-14-19;2*1-5(2,3)4;1-5-4-3-2/h2-16H,1H3,(H3,24,25,26,27,28);2*1H3,(H,2,3,4);2H,1H3. The number of hydrogen-bond acceptors (Lipinski definition) is 13. The maximum atomic E-state index is 9.19. The van der Waals surface area contributed by atoms with E-state index in [-0.39, 0.29) is 0 Å². The molecule has 0 amide bonds. The lowest BCUT2D eigenvalue weighted by molar-refractivity contribution is -0.432. The second-order valence-electron chi connectivity index (χ2n) is 8.12. The van der Waals surface area contributed by atoms with Gasteiger partial charge in [0.05, 0.1) is 12.5 Å². The maximum absolute atomic E-state index is 9.19. The van der Waals surface area contributed by atoms with Gasteiger partial charge in [0.15, 0.2) is 0 Å². The quantitative estimate of drug-likeness (QED) is 0.0581. The van der Waals surface area contributed by atoms with Gasteiger partial charge >= 0.3 is 0 Å². The Kier molecular flexibility index (Phi) is 16.8. The van der Waals surface area contributed by atoms with Gasteiger partial charge in [-0.25, -0.2) is 5.26 Å². The highest BCUT2D eigenvalue weighted by Gasteiger charge is 2.12. The van der Waals surface area contributed by atoms with Crippen molar-refractivity contribution in [3.8, 4) is 0 Å². The maximum Gasteiger partial charge on any atom is 0.261 e. The molecule has 0 saturated carbocycles. The van der Waals surface area contributed by atoms with E-state index >= 15 is 0 Å². The van der Waals surface area contributed by atoms with Gasteiger partial charge in [0.1, 0.15) is 11.6 Å². The Labute approximate surface area is 255 Å². The molecule has 0 fully saturated rings. The van der Waals surface area contributed by atoms with Crippen LogP contribution in [0.1, 0.15) is 5.56 Å². The molecule has 0 aliphatic heterocycles. The summed E-state index contributed by atoms with van der Waals surface area (Å²) >= 11 is 0.929. The van der Waals surface area contributed by atoms with E-state index in [0.29, 0.717) is 18.5 Å². The zero-order valence-corrected chi connectivity index (χ0v) is 26.0. The topological polar surface area (TPSA) is 209 Å². The molecule has 3 aromatic carbocycles. The van der Waals surface area contributed by atoms with Crippen LogP contribution >= 0.6 is 12.0 Å². The highest BCUT2D eigenvalue weighted by molar-refractivity contribution is 7.93. The van der Waals surface area contributed by atoms with Crippen LogP contribution < -0.4 is 16.0 Å². The first-order chi connectivity index (χ1) is 20.2. The van der Waals surface area contributed by atoms with Crippen molar-refractivity contribution in [2.45, 2.75) is 6.92 Å². The van der Waals surface area contributed by atoms with Gasteiger partial charge in [0.2, 0.25) is 5.95 Å². The number of nitrogens with one attached hydrogen (secondary N) is 3. The van der Waals surface area contributed by atoms with Gasteiger partial charge < -0.3 is 16.0 Å². The van der Waals surface area contributed by atoms with Crippen molar-refractivity contribution in [2.75, 3.05) is 34.7 Å². The molecular formula is C26H33N5O9S3. The molecule has 0 radical (unpaired) electrons. The number of rotatable bonds is 8. The van der Waals surface area contributed by atoms with E-state index in [2.05, 4.69) is 25.3 Å². The fraction of sp³-hybridized carbons (Fsp3) is 0.154. The first-order valence-electron chi connectivity index (χ1n) is 11.9. The molecule has 234 valence electrons. The van der Waals surface area contributed by atoms with Crippen LogP contribution in [-0.2, 0) is 29.6 Å². The molecule has 0 aliphatic rings. The molecule has 17 heteroatoms. The predicted octanol–water partition coefficient (Wildman–Crippen LogP) is 5.71. The average Bonchev–Trinajstić information content (AvgIpc) is 2.92. The Bertz CT molecular complexity index is 1460. The average molecular weight is 656 g/mol. The van der Waals surface area contributed by atoms with Crippen LogP contribution in [0.2, 0.25) is 0 Å². The van der Waals surface area contributed by atoms with Crippen LogP contribution in [0.25, 0.3) is 0 Å². The van der Waals surface area contributed by atoms with Gasteiger partial charge in [-0.3, -0.25) is 9.11 Å². The van der Waals surface area contributed by atoms with Crippen molar-refractivity contribution in [3.63, 3.8) is 0 Å². The molecule has 6 N–H and O–H groups in total. The zero-order chi connectivity index (χ0) is 32.3. The Hall–Kier alpha value is -3.81. The van der Waals surface area contributed by atoms with E-state index in [4.69, 9.17) is 24.3 Å². The van der Waals surface area contributed by atoms with Crippen molar-refractivity contribution < 1.29 is 40.6 Å². The van der Waals surface area contributed by atoms with Crippen LogP contribution in [0.3, 0.4) is 0 Å². The number of hydrogen-bond donors (Lipinski definition) is 6. The van der Waals surface area contributed by atoms with Crippen LogP contribution in [0.4, 0.5) is 34.6 Å². The van der Waals surface area contributed by atoms with Crippen LogP contribution in [-0.4, -0.2) is 59.9 Å². The lowest BCUT2D eigenvalue weighted by atomic mass is 10.2. The molecule has 4 rings (SSSR count). The molecule has 1 heterocycles. The second-order valence-corrected chi connectivity index (χ2v) is 11.5. The van der Waals surface area contributed by atoms with Crippen LogP contribution in [0.15, 0.2) is 91.0 Å². The van der Waals surface area contributed by atoms with Gasteiger partial charge in [-0.2, -0.15) is 26.8 Å². The van der Waals surface area contributed by atoms with E-state index in [1.807, 2.05) is 97.9 Å². The van der Waals surface area contributed by atoms with Gasteiger partial charge in [0.25, 0.3) is 20.2 Å². The minimum Gasteiger partial charge on any atom is -0.340 e. The van der Waals surface area contributed by atoms with E-state index in [1.54, 1.807) is 6.26 Å². The summed E-state index contributed by atoms with van der Waals surface area (Å²) in [6, 6.07) is 29.9. The summed E-state index contributed by atoms with van der Waals surface area (Å²) in [4.78, 5) is 9.38. The molecule has 43 heavy (non-hydrogen) atoms. The molecule has 0 unspecified atom stereocenters. The molecule has 14 nitrogen and oxygen atoms in total. The summed E-state index contributed by atoms with van der Waals surface area (Å²) in [5.74, 6) is 2.02. The summed E-state index contributed by atoms with van der Waals surface area (Å²) in [7, 11) is -7.33. The summed E-state index contributed by atoms with van der Waals surface area (Å²) in [6.07, 6.45) is 3.05. The molecule has 0 saturated heterocycles. The summed E-state index contributed by atoms with van der Waals surface area (Å²) < 4.78 is 55.5. The molecule has 0 aliphatic carbocycles. The monoisotopic (exact) mass is 655 g/mol. The third-order valence-corrected chi connectivity index (χ3v) is 4.54. The summed E-state index contributed by atoms with van der Waals surface area (Å²) in [6.45, 7) is 2.00. The van der Waals surface area contributed by atoms with Gasteiger partial charge in [-0.15, -0.1) is 4.33 Å². The third-order valence-electron chi connectivity index (χ3n) is 4.35. The smallest absolute Gasteiger partial charge is 0.261 e. The minimum atomic E-state index is -3.67. The summed E-state index contributed by atoms with van der Waals surface area (Å²) in [5, 5.41) is 20.5. The third kappa shape index (κ3) is 19.9. The predicted molar refractivity (Wildman–Crippen MR) is 169 cm³/mol. The van der Waals surface area contributed by atoms with Crippen molar-refractivity contribution >= 4 is 66.9 Å². The van der Waals surface area contributed by atoms with Gasteiger partial charge in [-0.1, -0.05) is 59.6 Å². The van der Waals surface area contributed by atoms with Crippen molar-refractivity contribution in [1.29, 1.82) is 0 Å². The number of para-hydroxylation sites is 3. The molecule has 0 spiro atoms. The van der Waals surface area contributed by atoms with Crippen LogP contribution in [0, 0.1) is 6.92 Å². The van der Waals surface area contributed by atoms with Crippen molar-refractivity contribution in [2.24, 2.45) is 0 Å². The lowest BCUT2D eigenvalue weighted by Gasteiger charge is -2.16.